The van der Waals surface area contributed by atoms with E-state index in [1.165, 1.54) is 0 Å². The summed E-state index contributed by atoms with van der Waals surface area (Å²) < 4.78 is 19.2. The van der Waals surface area contributed by atoms with Gasteiger partial charge in [0.25, 0.3) is 0 Å². The van der Waals surface area contributed by atoms with Crippen molar-refractivity contribution in [2.24, 2.45) is 0 Å². The predicted molar refractivity (Wildman–Crippen MR) is 72.6 cm³/mol. The number of esters is 1. The van der Waals surface area contributed by atoms with E-state index >= 15 is 0 Å². The first-order valence-corrected chi connectivity index (χ1v) is 7.23. The molecule has 2 N–H and O–H groups in total. The van der Waals surface area contributed by atoms with Crippen LogP contribution in [0, 0.1) is 0 Å². The van der Waals surface area contributed by atoms with Crippen LogP contribution in [0.25, 0.3) is 0 Å². The van der Waals surface area contributed by atoms with Crippen molar-refractivity contribution >= 4 is 13.8 Å². The molecule has 0 aliphatic rings. The van der Waals surface area contributed by atoms with Gasteiger partial charge in [0.2, 0.25) is 0 Å². The lowest BCUT2D eigenvalue weighted by molar-refractivity contribution is -0.139. The molecule has 0 atom stereocenters. The molecule has 8 heteroatoms. The smallest absolute Gasteiger partial charge is 0.462 e. The van der Waals surface area contributed by atoms with Gasteiger partial charge in [-0.2, -0.15) is 0 Å². The fourth-order valence-electron chi connectivity index (χ4n) is 0.676. The third kappa shape index (κ3) is 22.9. The SMILES string of the molecule is C=C(C)C(=O)OCCCCOP(=O)(O)O.CN(C)C. The van der Waals surface area contributed by atoms with E-state index in [0.717, 1.165) is 0 Å². The number of carbonyl (C=O) groups is 1. The van der Waals surface area contributed by atoms with Crippen molar-refractivity contribution in [3.8, 4) is 0 Å². The molecular weight excluding hydrogens is 273 g/mol. The van der Waals surface area contributed by atoms with Gasteiger partial charge in [-0.15, -0.1) is 0 Å². The highest BCUT2D eigenvalue weighted by Gasteiger charge is 2.12. The summed E-state index contributed by atoms with van der Waals surface area (Å²) in [7, 11) is 1.63. The van der Waals surface area contributed by atoms with Crippen molar-refractivity contribution in [1.29, 1.82) is 0 Å². The normalized spacial score (nSPS) is 10.7. The van der Waals surface area contributed by atoms with Gasteiger partial charge in [-0.1, -0.05) is 6.58 Å². The molecule has 0 heterocycles. The number of rotatable bonds is 7. The van der Waals surface area contributed by atoms with Gasteiger partial charge in [0.05, 0.1) is 13.2 Å². The Kier molecular flexibility index (Phi) is 12.1. The fourth-order valence-corrected chi connectivity index (χ4v) is 1.04. The molecule has 0 aromatic carbocycles. The van der Waals surface area contributed by atoms with Gasteiger partial charge in [0.1, 0.15) is 0 Å². The molecule has 0 aliphatic carbocycles. The lowest BCUT2D eigenvalue weighted by atomic mass is 10.3. The van der Waals surface area contributed by atoms with E-state index in [0.29, 0.717) is 18.4 Å². The Labute approximate surface area is 114 Å². The van der Waals surface area contributed by atoms with Crippen LogP contribution in [0.15, 0.2) is 12.2 Å². The lowest BCUT2D eigenvalue weighted by Crippen LogP contribution is -2.06. The van der Waals surface area contributed by atoms with Gasteiger partial charge in [-0.25, -0.2) is 9.36 Å². The largest absolute Gasteiger partial charge is 0.469 e. The van der Waals surface area contributed by atoms with Crippen molar-refractivity contribution in [3.63, 3.8) is 0 Å². The zero-order valence-electron chi connectivity index (χ0n) is 12.0. The highest BCUT2D eigenvalue weighted by Crippen LogP contribution is 2.35. The van der Waals surface area contributed by atoms with Crippen LogP contribution >= 0.6 is 7.82 Å². The van der Waals surface area contributed by atoms with Crippen molar-refractivity contribution in [1.82, 2.24) is 4.90 Å². The Morgan fingerprint density at radius 1 is 1.21 bits per heavy atom. The molecule has 7 nitrogen and oxygen atoms in total. The standard InChI is InChI=1S/C8H15O6P.C3H9N/c1-7(2)8(9)13-5-3-4-6-14-15(10,11)12;1-4(2)3/h1,3-6H2,2H3,(H2,10,11,12);1-3H3. The summed E-state index contributed by atoms with van der Waals surface area (Å²) >= 11 is 0. The topological polar surface area (TPSA) is 96.3 Å². The highest BCUT2D eigenvalue weighted by molar-refractivity contribution is 7.46. The zero-order chi connectivity index (χ0) is 15.5. The molecule has 0 rings (SSSR count). The Morgan fingerprint density at radius 2 is 1.63 bits per heavy atom. The molecule has 0 amide bonds. The summed E-state index contributed by atoms with van der Waals surface area (Å²) in [6.45, 7) is 5.07. The first-order valence-electron chi connectivity index (χ1n) is 5.70. The van der Waals surface area contributed by atoms with Gasteiger partial charge < -0.3 is 19.4 Å². The second-order valence-corrected chi connectivity index (χ2v) is 5.53. The number of hydrogen-bond donors (Lipinski definition) is 2. The van der Waals surface area contributed by atoms with Crippen LogP contribution in [-0.4, -0.2) is 55.0 Å². The Morgan fingerprint density at radius 3 is 2.00 bits per heavy atom. The second-order valence-electron chi connectivity index (χ2n) is 4.29. The molecule has 0 unspecified atom stereocenters. The quantitative estimate of drug-likeness (QED) is 0.315. The summed E-state index contributed by atoms with van der Waals surface area (Å²) in [6.07, 6.45) is 0.896. The maximum absolute atomic E-state index is 10.9. The number of unbranched alkanes of at least 4 members (excludes halogenated alkanes) is 1. The van der Waals surface area contributed by atoms with Crippen LogP contribution in [0.4, 0.5) is 0 Å². The van der Waals surface area contributed by atoms with Crippen LogP contribution < -0.4 is 0 Å². The maximum Gasteiger partial charge on any atom is 0.469 e. The molecule has 0 radical (unpaired) electrons. The Hall–Kier alpha value is -0.720. The van der Waals surface area contributed by atoms with Crippen LogP contribution in [0.2, 0.25) is 0 Å². The van der Waals surface area contributed by atoms with Crippen molar-refractivity contribution in [2.75, 3.05) is 34.4 Å². The molecule has 0 fully saturated rings. The van der Waals surface area contributed by atoms with Crippen LogP contribution in [0.3, 0.4) is 0 Å². The molecule has 0 spiro atoms. The van der Waals surface area contributed by atoms with Crippen molar-refractivity contribution in [3.05, 3.63) is 12.2 Å². The van der Waals surface area contributed by atoms with E-state index in [1.54, 1.807) is 6.92 Å². The first kappa shape index (κ1) is 20.6. The first-order chi connectivity index (χ1) is 8.56. The van der Waals surface area contributed by atoms with Gasteiger partial charge >= 0.3 is 13.8 Å². The molecule has 0 saturated carbocycles. The van der Waals surface area contributed by atoms with Gasteiger partial charge in [0.15, 0.2) is 0 Å². The third-order valence-electron chi connectivity index (χ3n) is 1.38. The third-order valence-corrected chi connectivity index (χ3v) is 1.90. The van der Waals surface area contributed by atoms with Crippen LogP contribution in [-0.2, 0) is 18.6 Å². The van der Waals surface area contributed by atoms with E-state index in [9.17, 15) is 9.36 Å². The van der Waals surface area contributed by atoms with E-state index in [4.69, 9.17) is 14.5 Å². The van der Waals surface area contributed by atoms with Crippen molar-refractivity contribution < 1.29 is 28.4 Å². The summed E-state index contributed by atoms with van der Waals surface area (Å²) in [5.41, 5.74) is 0.321. The average molecular weight is 297 g/mol. The number of phosphoric ester groups is 1. The summed E-state index contributed by atoms with van der Waals surface area (Å²) in [5.74, 6) is -0.467. The van der Waals surface area contributed by atoms with Crippen LogP contribution in [0.1, 0.15) is 19.8 Å². The zero-order valence-corrected chi connectivity index (χ0v) is 12.9. The minimum atomic E-state index is -4.37. The monoisotopic (exact) mass is 297 g/mol. The van der Waals surface area contributed by atoms with E-state index < -0.39 is 13.8 Å². The minimum absolute atomic E-state index is 0.0606. The average Bonchev–Trinajstić information content (AvgIpc) is 2.20. The lowest BCUT2D eigenvalue weighted by Gasteiger charge is -2.05. The number of hydrogen-bond acceptors (Lipinski definition) is 5. The predicted octanol–water partition coefficient (Wildman–Crippen LogP) is 1.17. The number of carbonyl (C=O) groups excluding carboxylic acids is 1. The van der Waals surface area contributed by atoms with E-state index in [2.05, 4.69) is 11.1 Å². The molecule has 0 aromatic rings. The van der Waals surface area contributed by atoms with Crippen LogP contribution in [0.5, 0.6) is 0 Å². The minimum Gasteiger partial charge on any atom is -0.462 e. The van der Waals surface area contributed by atoms with Gasteiger partial charge in [-0.3, -0.25) is 4.52 Å². The number of nitrogens with zero attached hydrogens (tertiary/aromatic N) is 1. The second kappa shape index (κ2) is 11.1. The molecular formula is C11H24NO6P. The van der Waals surface area contributed by atoms with E-state index in [1.807, 2.05) is 26.0 Å². The van der Waals surface area contributed by atoms with Gasteiger partial charge in [-0.05, 0) is 40.9 Å². The summed E-state index contributed by atoms with van der Waals surface area (Å²) in [4.78, 5) is 29.5. The molecule has 0 bridgehead atoms. The Balaban J connectivity index is 0. The molecule has 0 aliphatic heterocycles. The fraction of sp³-hybridized carbons (Fsp3) is 0.727. The Bertz CT molecular complexity index is 310. The summed E-state index contributed by atoms with van der Waals surface area (Å²) in [6, 6.07) is 0. The van der Waals surface area contributed by atoms with Crippen molar-refractivity contribution in [2.45, 2.75) is 19.8 Å². The van der Waals surface area contributed by atoms with E-state index in [-0.39, 0.29) is 13.2 Å². The number of ether oxygens (including phenoxy) is 1. The highest BCUT2D eigenvalue weighted by atomic mass is 31.2. The molecule has 0 aromatic heterocycles. The molecule has 114 valence electrons. The maximum atomic E-state index is 10.9. The molecule has 0 saturated heterocycles. The summed E-state index contributed by atoms with van der Waals surface area (Å²) in [5, 5.41) is 0. The molecule has 19 heavy (non-hydrogen) atoms. The number of phosphoric acid groups is 1. The van der Waals surface area contributed by atoms with Gasteiger partial charge in [0, 0.05) is 5.57 Å².